The normalized spacial score (nSPS) is 20.3. The molecular weight excluding hydrogens is 324 g/mol. The van der Waals surface area contributed by atoms with Gasteiger partial charge in [0.1, 0.15) is 12.4 Å². The lowest BCUT2D eigenvalue weighted by Crippen LogP contribution is -2.48. The van der Waals surface area contributed by atoms with Crippen molar-refractivity contribution in [3.8, 4) is 5.75 Å². The summed E-state index contributed by atoms with van der Waals surface area (Å²) >= 11 is 0. The first-order valence-electron chi connectivity index (χ1n) is 8.09. The van der Waals surface area contributed by atoms with Gasteiger partial charge in [-0.25, -0.2) is 4.79 Å². The van der Waals surface area contributed by atoms with Crippen LogP contribution in [0.25, 0.3) is 0 Å². The van der Waals surface area contributed by atoms with Crippen LogP contribution in [0.4, 0.5) is 4.79 Å². The molecule has 2 unspecified atom stereocenters. The van der Waals surface area contributed by atoms with Crippen molar-refractivity contribution in [1.82, 2.24) is 9.47 Å². The van der Waals surface area contributed by atoms with E-state index in [1.54, 1.807) is 12.3 Å². The maximum atomic E-state index is 12.4. The van der Waals surface area contributed by atoms with Crippen LogP contribution in [-0.2, 0) is 6.61 Å². The summed E-state index contributed by atoms with van der Waals surface area (Å²) in [4.78, 5) is 24.7. The Kier molecular flexibility index (Phi) is 5.04. The van der Waals surface area contributed by atoms with Crippen LogP contribution in [0.3, 0.4) is 0 Å². The van der Waals surface area contributed by atoms with Crippen LogP contribution in [-0.4, -0.2) is 45.0 Å². The molecule has 3 rings (SSSR count). The van der Waals surface area contributed by atoms with E-state index in [1.165, 1.54) is 15.5 Å². The largest absolute Gasteiger partial charge is 0.489 e. The highest BCUT2D eigenvalue weighted by Gasteiger charge is 2.31. The summed E-state index contributed by atoms with van der Waals surface area (Å²) in [5.41, 5.74) is 0.660. The van der Waals surface area contributed by atoms with Crippen molar-refractivity contribution >= 4 is 6.09 Å². The maximum Gasteiger partial charge on any atom is 0.407 e. The van der Waals surface area contributed by atoms with Gasteiger partial charge in [-0.1, -0.05) is 30.3 Å². The molecule has 1 aliphatic heterocycles. The first-order valence-corrected chi connectivity index (χ1v) is 8.09. The number of aliphatic hydroxyl groups is 1. The van der Waals surface area contributed by atoms with Gasteiger partial charge in [-0.2, -0.15) is 0 Å². The van der Waals surface area contributed by atoms with Crippen LogP contribution >= 0.6 is 0 Å². The van der Waals surface area contributed by atoms with Gasteiger partial charge in [0.15, 0.2) is 0 Å². The van der Waals surface area contributed by atoms with Crippen molar-refractivity contribution in [2.75, 3.05) is 13.1 Å². The summed E-state index contributed by atoms with van der Waals surface area (Å²) in [7, 11) is 0. The molecule has 0 aliphatic carbocycles. The molecule has 1 saturated heterocycles. The number of amides is 1. The lowest BCUT2D eigenvalue weighted by atomic mass is 10.0. The van der Waals surface area contributed by atoms with E-state index in [9.17, 15) is 14.7 Å². The smallest absolute Gasteiger partial charge is 0.407 e. The summed E-state index contributed by atoms with van der Waals surface area (Å²) in [6.07, 6.45) is 0.0366. The lowest BCUT2D eigenvalue weighted by Gasteiger charge is -2.35. The molecule has 25 heavy (non-hydrogen) atoms. The van der Waals surface area contributed by atoms with Gasteiger partial charge in [0.2, 0.25) is 0 Å². The summed E-state index contributed by atoms with van der Waals surface area (Å²) in [6, 6.07) is 12.0. The number of pyridine rings is 1. The van der Waals surface area contributed by atoms with E-state index in [0.29, 0.717) is 18.8 Å². The van der Waals surface area contributed by atoms with E-state index >= 15 is 0 Å². The molecule has 1 aromatic carbocycles. The predicted molar refractivity (Wildman–Crippen MR) is 90.7 cm³/mol. The molecular formula is C18H20N2O5. The Labute approximate surface area is 144 Å². The molecule has 2 aromatic rings. The number of aliphatic hydroxyl groups excluding tert-OH is 1. The number of likely N-dealkylation sites (tertiary alicyclic amines) is 1. The van der Waals surface area contributed by atoms with E-state index in [1.807, 2.05) is 30.3 Å². The topological polar surface area (TPSA) is 92.0 Å². The van der Waals surface area contributed by atoms with Gasteiger partial charge < -0.3 is 24.4 Å². The van der Waals surface area contributed by atoms with Crippen molar-refractivity contribution in [3.63, 3.8) is 0 Å². The van der Waals surface area contributed by atoms with Crippen LogP contribution in [0.2, 0.25) is 0 Å². The Morgan fingerprint density at radius 3 is 2.68 bits per heavy atom. The Bertz CT molecular complexity index is 790. The van der Waals surface area contributed by atoms with Crippen LogP contribution in [0.5, 0.6) is 5.75 Å². The third kappa shape index (κ3) is 4.00. The fraction of sp³-hybridized carbons (Fsp3) is 0.333. The van der Waals surface area contributed by atoms with Gasteiger partial charge in [0, 0.05) is 25.4 Å². The van der Waals surface area contributed by atoms with Crippen LogP contribution in [0, 0.1) is 0 Å². The molecule has 1 aromatic heterocycles. The van der Waals surface area contributed by atoms with Crippen molar-refractivity contribution in [1.29, 1.82) is 0 Å². The Hall–Kier alpha value is -2.80. The zero-order chi connectivity index (χ0) is 17.8. The number of carbonyl (C=O) groups is 1. The lowest BCUT2D eigenvalue weighted by molar-refractivity contribution is 0.0335. The second-order valence-corrected chi connectivity index (χ2v) is 6.03. The van der Waals surface area contributed by atoms with Crippen LogP contribution in [0.15, 0.2) is 53.5 Å². The summed E-state index contributed by atoms with van der Waals surface area (Å²) < 4.78 is 6.99. The third-order valence-corrected chi connectivity index (χ3v) is 4.34. The van der Waals surface area contributed by atoms with Gasteiger partial charge in [0.25, 0.3) is 5.56 Å². The van der Waals surface area contributed by atoms with Crippen molar-refractivity contribution in [3.05, 3.63) is 64.6 Å². The molecule has 0 bridgehead atoms. The highest BCUT2D eigenvalue weighted by atomic mass is 16.5. The number of rotatable bonds is 4. The monoisotopic (exact) mass is 344 g/mol. The quantitative estimate of drug-likeness (QED) is 0.881. The van der Waals surface area contributed by atoms with Gasteiger partial charge in [-0.3, -0.25) is 4.79 Å². The summed E-state index contributed by atoms with van der Waals surface area (Å²) in [5, 5.41) is 19.3. The first kappa shape index (κ1) is 17.0. The van der Waals surface area contributed by atoms with E-state index < -0.39 is 18.2 Å². The standard InChI is InChI=1S/C18H20N2O5/c21-16-7-8-19(18(23)24)11-15(16)20-9-6-14(10-17(20)22)25-12-13-4-2-1-3-5-13/h1-6,9-10,15-16,21H,7-8,11-12H2,(H,23,24). The minimum Gasteiger partial charge on any atom is -0.489 e. The minimum atomic E-state index is -1.05. The molecule has 0 spiro atoms. The average molecular weight is 344 g/mol. The fourth-order valence-electron chi connectivity index (χ4n) is 2.94. The minimum absolute atomic E-state index is 0.0840. The number of hydrogen-bond donors (Lipinski definition) is 2. The molecule has 7 heteroatoms. The van der Waals surface area contributed by atoms with E-state index in [-0.39, 0.29) is 18.6 Å². The highest BCUT2D eigenvalue weighted by molar-refractivity contribution is 5.65. The fourth-order valence-corrected chi connectivity index (χ4v) is 2.94. The number of benzene rings is 1. The molecule has 7 nitrogen and oxygen atoms in total. The number of hydrogen-bond acceptors (Lipinski definition) is 4. The van der Waals surface area contributed by atoms with Crippen molar-refractivity contribution in [2.24, 2.45) is 0 Å². The van der Waals surface area contributed by atoms with Crippen LogP contribution in [0.1, 0.15) is 18.0 Å². The summed E-state index contributed by atoms with van der Waals surface area (Å²) in [5.74, 6) is 0.436. The van der Waals surface area contributed by atoms with Gasteiger partial charge in [0.05, 0.1) is 12.1 Å². The first-order chi connectivity index (χ1) is 12.0. The third-order valence-electron chi connectivity index (χ3n) is 4.34. The maximum absolute atomic E-state index is 12.4. The number of ether oxygens (including phenoxy) is 1. The molecule has 2 heterocycles. The number of piperidine rings is 1. The number of aromatic nitrogens is 1. The molecule has 132 valence electrons. The highest BCUT2D eigenvalue weighted by Crippen LogP contribution is 2.22. The average Bonchev–Trinajstić information content (AvgIpc) is 2.61. The van der Waals surface area contributed by atoms with Gasteiger partial charge >= 0.3 is 6.09 Å². The Morgan fingerprint density at radius 2 is 2.00 bits per heavy atom. The molecule has 0 radical (unpaired) electrons. The SMILES string of the molecule is O=C(O)N1CCC(O)C(n2ccc(OCc3ccccc3)cc2=O)C1. The predicted octanol–water partition coefficient (Wildman–Crippen LogP) is 1.71. The van der Waals surface area contributed by atoms with Gasteiger partial charge in [-0.15, -0.1) is 0 Å². The van der Waals surface area contributed by atoms with E-state index in [4.69, 9.17) is 9.84 Å². The molecule has 2 atom stereocenters. The van der Waals surface area contributed by atoms with Crippen molar-refractivity contribution < 1.29 is 19.7 Å². The van der Waals surface area contributed by atoms with Gasteiger partial charge in [-0.05, 0) is 18.1 Å². The zero-order valence-electron chi connectivity index (χ0n) is 13.6. The van der Waals surface area contributed by atoms with Crippen LogP contribution < -0.4 is 10.3 Å². The Balaban J connectivity index is 1.73. The molecule has 0 saturated carbocycles. The van der Waals surface area contributed by atoms with Crippen molar-refractivity contribution in [2.45, 2.75) is 25.2 Å². The van der Waals surface area contributed by atoms with E-state index in [0.717, 1.165) is 5.56 Å². The summed E-state index contributed by atoms with van der Waals surface area (Å²) in [6.45, 7) is 0.698. The molecule has 1 amide bonds. The Morgan fingerprint density at radius 1 is 1.24 bits per heavy atom. The van der Waals surface area contributed by atoms with E-state index in [2.05, 4.69) is 0 Å². The number of carboxylic acid groups (broad SMARTS) is 1. The second-order valence-electron chi connectivity index (χ2n) is 6.03. The number of nitrogens with zero attached hydrogens (tertiary/aromatic N) is 2. The molecule has 1 fully saturated rings. The molecule has 2 N–H and O–H groups in total. The zero-order valence-corrected chi connectivity index (χ0v) is 13.6. The second kappa shape index (κ2) is 7.40. The molecule has 1 aliphatic rings.